The molecule has 0 radical (unpaired) electrons. The number of hydrogen-bond donors (Lipinski definition) is 1. The number of hydrogen-bond acceptors (Lipinski definition) is 4. The Morgan fingerprint density at radius 3 is 2.86 bits per heavy atom. The van der Waals surface area contributed by atoms with Gasteiger partial charge >= 0.3 is 0 Å². The Hall–Kier alpha value is -1.85. The summed E-state index contributed by atoms with van der Waals surface area (Å²) in [5.74, 6) is 1.61. The molecule has 1 fully saturated rings. The van der Waals surface area contributed by atoms with Gasteiger partial charge in [-0.3, -0.25) is 4.79 Å². The minimum absolute atomic E-state index is 0.0786. The molecule has 0 aromatic carbocycles. The first kappa shape index (κ1) is 14.1. The lowest BCUT2D eigenvalue weighted by Crippen LogP contribution is -2.49. The zero-order valence-corrected chi connectivity index (χ0v) is 12.0. The summed E-state index contributed by atoms with van der Waals surface area (Å²) in [7, 11) is 0. The Balaban J connectivity index is 1.45. The van der Waals surface area contributed by atoms with Gasteiger partial charge in [0.15, 0.2) is 6.10 Å². The molecule has 3 unspecified atom stereocenters. The Kier molecular flexibility index (Phi) is 4.22. The summed E-state index contributed by atoms with van der Waals surface area (Å²) in [6, 6.07) is 3.84. The third-order valence-corrected chi connectivity index (χ3v) is 3.56. The van der Waals surface area contributed by atoms with Gasteiger partial charge in [-0.15, -0.1) is 0 Å². The quantitative estimate of drug-likeness (QED) is 0.913. The molecule has 2 aliphatic rings. The average molecular weight is 289 g/mol. The number of carbonyl (C=O) groups excluding carboxylic acids is 1. The largest absolute Gasteiger partial charge is 0.466 e. The minimum Gasteiger partial charge on any atom is -0.466 e. The van der Waals surface area contributed by atoms with Crippen LogP contribution in [0.25, 0.3) is 0 Å². The van der Waals surface area contributed by atoms with Crippen LogP contribution >= 0.6 is 0 Å². The summed E-state index contributed by atoms with van der Waals surface area (Å²) >= 11 is 0. The van der Waals surface area contributed by atoms with Crippen molar-refractivity contribution in [2.24, 2.45) is 0 Å². The first-order chi connectivity index (χ1) is 10.2. The van der Waals surface area contributed by atoms with Gasteiger partial charge in [-0.25, -0.2) is 0 Å². The molecule has 0 saturated carbocycles. The molecule has 1 saturated heterocycles. The van der Waals surface area contributed by atoms with Crippen molar-refractivity contribution in [3.8, 4) is 0 Å². The van der Waals surface area contributed by atoms with Crippen LogP contribution in [0.3, 0.4) is 0 Å². The highest BCUT2D eigenvalue weighted by molar-refractivity contribution is 5.81. The number of nitrogens with one attached hydrogen (secondary N) is 1. The van der Waals surface area contributed by atoms with E-state index < -0.39 is 6.10 Å². The fourth-order valence-corrected chi connectivity index (χ4v) is 2.45. The van der Waals surface area contributed by atoms with Crippen LogP contribution < -0.4 is 5.32 Å². The lowest BCUT2D eigenvalue weighted by atomic mass is 10.1. The van der Waals surface area contributed by atoms with Gasteiger partial charge in [0, 0.05) is 13.0 Å². The highest BCUT2D eigenvalue weighted by Crippen LogP contribution is 2.20. The molecular weight excluding hydrogens is 270 g/mol. The number of allylic oxidation sites excluding steroid dienone is 2. The molecule has 0 bridgehead atoms. The van der Waals surface area contributed by atoms with E-state index in [4.69, 9.17) is 13.9 Å². The van der Waals surface area contributed by atoms with Crippen LogP contribution in [0.5, 0.6) is 0 Å². The maximum Gasteiger partial charge on any atom is 0.251 e. The second-order valence-corrected chi connectivity index (χ2v) is 5.21. The van der Waals surface area contributed by atoms with Gasteiger partial charge in [0.05, 0.1) is 6.61 Å². The molecule has 2 heterocycles. The smallest absolute Gasteiger partial charge is 0.251 e. The predicted octanol–water partition coefficient (Wildman–Crippen LogP) is 1.53. The summed E-state index contributed by atoms with van der Waals surface area (Å²) in [4.78, 5) is 12.1. The molecule has 1 aliphatic carbocycles. The number of fused-ring (bicyclic) bond motifs is 1. The number of furan rings is 1. The van der Waals surface area contributed by atoms with Crippen molar-refractivity contribution in [3.05, 3.63) is 48.0 Å². The summed E-state index contributed by atoms with van der Waals surface area (Å²) in [5.41, 5.74) is 0. The topological polar surface area (TPSA) is 60.7 Å². The van der Waals surface area contributed by atoms with Crippen LogP contribution in [-0.2, 0) is 20.7 Å². The van der Waals surface area contributed by atoms with Gasteiger partial charge < -0.3 is 19.2 Å². The van der Waals surface area contributed by atoms with E-state index in [0.29, 0.717) is 13.0 Å². The van der Waals surface area contributed by atoms with Crippen molar-refractivity contribution in [1.82, 2.24) is 5.32 Å². The van der Waals surface area contributed by atoms with E-state index in [1.165, 1.54) is 0 Å². The van der Waals surface area contributed by atoms with Gasteiger partial charge in [-0.05, 0) is 19.1 Å². The van der Waals surface area contributed by atoms with Crippen molar-refractivity contribution in [2.45, 2.75) is 31.7 Å². The third-order valence-electron chi connectivity index (χ3n) is 3.56. The highest BCUT2D eigenvalue weighted by Gasteiger charge is 2.33. The molecule has 5 heteroatoms. The van der Waals surface area contributed by atoms with E-state index in [0.717, 1.165) is 11.5 Å². The molecule has 1 N–H and O–H groups in total. The second-order valence-electron chi connectivity index (χ2n) is 5.21. The van der Waals surface area contributed by atoms with Crippen LogP contribution in [0.4, 0.5) is 0 Å². The van der Waals surface area contributed by atoms with Gasteiger partial charge in [-0.1, -0.05) is 24.3 Å². The monoisotopic (exact) mass is 289 g/mol. The van der Waals surface area contributed by atoms with E-state index in [9.17, 15) is 4.79 Å². The average Bonchev–Trinajstić information content (AvgIpc) is 2.92. The fraction of sp³-hybridized carbons (Fsp3) is 0.438. The summed E-state index contributed by atoms with van der Waals surface area (Å²) in [6.07, 6.45) is 7.55. The standard InChI is InChI=1S/C16H19NO4/c1-11-6-7-12(20-11)8-9-17-16(18)15-10-19-13-4-2-3-5-14(13)21-15/h2-7,13-15H,8-10H2,1H3,(H,17,18). The van der Waals surface area contributed by atoms with Gasteiger partial charge in [0.2, 0.25) is 0 Å². The summed E-state index contributed by atoms with van der Waals surface area (Å²) < 4.78 is 16.9. The Labute approximate surface area is 123 Å². The molecule has 5 nitrogen and oxygen atoms in total. The van der Waals surface area contributed by atoms with E-state index in [-0.39, 0.29) is 24.7 Å². The molecule has 21 heavy (non-hydrogen) atoms. The maximum atomic E-state index is 12.1. The second kappa shape index (κ2) is 6.28. The molecule has 1 amide bonds. The molecular formula is C16H19NO4. The van der Waals surface area contributed by atoms with Crippen molar-refractivity contribution in [3.63, 3.8) is 0 Å². The lowest BCUT2D eigenvalue weighted by molar-refractivity contribution is -0.168. The molecule has 1 aromatic rings. The normalized spacial score (nSPS) is 27.4. The number of ether oxygens (including phenoxy) is 2. The Bertz CT molecular complexity index is 560. The van der Waals surface area contributed by atoms with E-state index >= 15 is 0 Å². The van der Waals surface area contributed by atoms with E-state index in [1.54, 1.807) is 0 Å². The van der Waals surface area contributed by atoms with Gasteiger partial charge in [0.1, 0.15) is 23.7 Å². The van der Waals surface area contributed by atoms with Crippen LogP contribution in [-0.4, -0.2) is 37.4 Å². The van der Waals surface area contributed by atoms with Crippen molar-refractivity contribution in [1.29, 1.82) is 0 Å². The lowest BCUT2D eigenvalue weighted by Gasteiger charge is -2.34. The van der Waals surface area contributed by atoms with Gasteiger partial charge in [-0.2, -0.15) is 0 Å². The Morgan fingerprint density at radius 2 is 2.10 bits per heavy atom. The van der Waals surface area contributed by atoms with Gasteiger partial charge in [0.25, 0.3) is 5.91 Å². The molecule has 3 atom stereocenters. The maximum absolute atomic E-state index is 12.1. The predicted molar refractivity (Wildman–Crippen MR) is 76.8 cm³/mol. The van der Waals surface area contributed by atoms with Crippen molar-refractivity contribution < 1.29 is 18.7 Å². The number of rotatable bonds is 4. The zero-order valence-electron chi connectivity index (χ0n) is 12.0. The molecule has 1 aliphatic heterocycles. The van der Waals surface area contributed by atoms with Crippen LogP contribution in [0, 0.1) is 6.92 Å². The highest BCUT2D eigenvalue weighted by atomic mass is 16.6. The molecule has 0 spiro atoms. The number of aryl methyl sites for hydroxylation is 1. The first-order valence-electron chi connectivity index (χ1n) is 7.17. The third kappa shape index (κ3) is 3.43. The van der Waals surface area contributed by atoms with Crippen LogP contribution in [0.2, 0.25) is 0 Å². The SMILES string of the molecule is Cc1ccc(CCNC(=O)C2COC3C=CC=CC3O2)o1. The summed E-state index contributed by atoms with van der Waals surface area (Å²) in [6.45, 7) is 2.71. The molecule has 3 rings (SSSR count). The van der Waals surface area contributed by atoms with Crippen molar-refractivity contribution in [2.75, 3.05) is 13.2 Å². The van der Waals surface area contributed by atoms with Crippen LogP contribution in [0.15, 0.2) is 40.9 Å². The zero-order chi connectivity index (χ0) is 14.7. The van der Waals surface area contributed by atoms with Crippen molar-refractivity contribution >= 4 is 5.91 Å². The first-order valence-corrected chi connectivity index (χ1v) is 7.17. The van der Waals surface area contributed by atoms with Crippen LogP contribution in [0.1, 0.15) is 11.5 Å². The minimum atomic E-state index is -0.555. The van der Waals surface area contributed by atoms with E-state index in [2.05, 4.69) is 5.32 Å². The number of amides is 1. The number of carbonyl (C=O) groups is 1. The fourth-order valence-electron chi connectivity index (χ4n) is 2.45. The molecule has 112 valence electrons. The Morgan fingerprint density at radius 1 is 1.29 bits per heavy atom. The summed E-state index contributed by atoms with van der Waals surface area (Å²) in [5, 5.41) is 2.86. The molecule has 1 aromatic heterocycles. The van der Waals surface area contributed by atoms with E-state index in [1.807, 2.05) is 43.4 Å².